The average molecular weight is 222 g/mol. The highest BCUT2D eigenvalue weighted by molar-refractivity contribution is 4.99. The standard InChI is InChI=1S/C10H20F2N2O/c1-3-13-6-9(2)7-14(4-5-15)8-10(11)12/h10,13,15H,2-8H2,1H3. The third-order valence-electron chi connectivity index (χ3n) is 1.88. The quantitative estimate of drug-likeness (QED) is 0.564. The summed E-state index contributed by atoms with van der Waals surface area (Å²) >= 11 is 0. The SMILES string of the molecule is C=C(CNCC)CN(CCO)CC(F)F. The maximum Gasteiger partial charge on any atom is 0.251 e. The molecule has 0 aliphatic carbocycles. The van der Waals surface area contributed by atoms with Crippen molar-refractivity contribution in [3.63, 3.8) is 0 Å². The molecule has 0 atom stereocenters. The van der Waals surface area contributed by atoms with E-state index in [1.165, 1.54) is 4.90 Å². The lowest BCUT2D eigenvalue weighted by atomic mass is 10.2. The van der Waals surface area contributed by atoms with Crippen molar-refractivity contribution in [2.75, 3.05) is 39.3 Å². The van der Waals surface area contributed by atoms with Gasteiger partial charge in [0.2, 0.25) is 0 Å². The summed E-state index contributed by atoms with van der Waals surface area (Å²) in [6.07, 6.45) is -2.37. The lowest BCUT2D eigenvalue weighted by Crippen LogP contribution is -2.35. The number of aliphatic hydroxyl groups excluding tert-OH is 1. The van der Waals surface area contributed by atoms with Crippen molar-refractivity contribution >= 4 is 0 Å². The van der Waals surface area contributed by atoms with Gasteiger partial charge in [-0.15, -0.1) is 0 Å². The molecule has 0 unspecified atom stereocenters. The van der Waals surface area contributed by atoms with Crippen LogP contribution in [0.5, 0.6) is 0 Å². The molecule has 0 saturated heterocycles. The van der Waals surface area contributed by atoms with Crippen LogP contribution in [0.2, 0.25) is 0 Å². The fourth-order valence-corrected chi connectivity index (χ4v) is 1.25. The number of nitrogens with one attached hydrogen (secondary N) is 1. The Balaban J connectivity index is 3.86. The molecule has 0 aromatic heterocycles. The molecule has 0 fully saturated rings. The molecule has 0 spiro atoms. The molecule has 0 aromatic rings. The first kappa shape index (κ1) is 14.5. The fraction of sp³-hybridized carbons (Fsp3) is 0.800. The molecule has 0 aliphatic heterocycles. The van der Waals surface area contributed by atoms with Crippen molar-refractivity contribution in [2.45, 2.75) is 13.3 Å². The lowest BCUT2D eigenvalue weighted by molar-refractivity contribution is 0.0830. The van der Waals surface area contributed by atoms with Gasteiger partial charge >= 0.3 is 0 Å². The third kappa shape index (κ3) is 8.47. The van der Waals surface area contributed by atoms with Gasteiger partial charge in [-0.2, -0.15) is 0 Å². The largest absolute Gasteiger partial charge is 0.395 e. The Kier molecular flexibility index (Phi) is 8.46. The molecule has 0 heterocycles. The van der Waals surface area contributed by atoms with Gasteiger partial charge < -0.3 is 10.4 Å². The summed E-state index contributed by atoms with van der Waals surface area (Å²) in [7, 11) is 0. The highest BCUT2D eigenvalue weighted by Crippen LogP contribution is 2.01. The van der Waals surface area contributed by atoms with Gasteiger partial charge in [-0.3, -0.25) is 4.90 Å². The zero-order chi connectivity index (χ0) is 11.7. The van der Waals surface area contributed by atoms with Crippen LogP contribution in [-0.4, -0.2) is 55.8 Å². The topological polar surface area (TPSA) is 35.5 Å². The minimum Gasteiger partial charge on any atom is -0.395 e. The summed E-state index contributed by atoms with van der Waals surface area (Å²) in [6.45, 7) is 7.45. The van der Waals surface area contributed by atoms with E-state index in [0.29, 0.717) is 13.1 Å². The van der Waals surface area contributed by atoms with Crippen molar-refractivity contribution in [3.8, 4) is 0 Å². The highest BCUT2D eigenvalue weighted by atomic mass is 19.3. The first-order valence-corrected chi connectivity index (χ1v) is 5.08. The molecular weight excluding hydrogens is 202 g/mol. The third-order valence-corrected chi connectivity index (χ3v) is 1.88. The van der Waals surface area contributed by atoms with E-state index in [4.69, 9.17) is 5.11 Å². The molecule has 0 aliphatic rings. The minimum atomic E-state index is -2.37. The normalized spacial score (nSPS) is 11.3. The maximum absolute atomic E-state index is 12.1. The van der Waals surface area contributed by atoms with Crippen LogP contribution in [0.3, 0.4) is 0 Å². The molecule has 90 valence electrons. The van der Waals surface area contributed by atoms with E-state index in [0.717, 1.165) is 12.1 Å². The van der Waals surface area contributed by atoms with Crippen LogP contribution in [0.4, 0.5) is 8.78 Å². The average Bonchev–Trinajstić information content (AvgIpc) is 2.14. The van der Waals surface area contributed by atoms with Gasteiger partial charge in [-0.1, -0.05) is 13.5 Å². The molecule has 0 saturated carbocycles. The van der Waals surface area contributed by atoms with Gasteiger partial charge in [0.25, 0.3) is 6.43 Å². The summed E-state index contributed by atoms with van der Waals surface area (Å²) in [5.41, 5.74) is 0.853. The number of alkyl halides is 2. The lowest BCUT2D eigenvalue weighted by Gasteiger charge is -2.21. The van der Waals surface area contributed by atoms with Gasteiger partial charge in [0.1, 0.15) is 0 Å². The number of hydrogen-bond donors (Lipinski definition) is 2. The fourth-order valence-electron chi connectivity index (χ4n) is 1.25. The predicted molar refractivity (Wildman–Crippen MR) is 57.2 cm³/mol. The molecule has 0 aromatic carbocycles. The predicted octanol–water partition coefficient (Wildman–Crippen LogP) is 0.712. The molecule has 2 N–H and O–H groups in total. The molecular formula is C10H20F2N2O. The van der Waals surface area contributed by atoms with Crippen LogP contribution in [0.1, 0.15) is 6.92 Å². The summed E-state index contributed by atoms with van der Waals surface area (Å²) in [5.74, 6) is 0. The second-order valence-electron chi connectivity index (χ2n) is 3.38. The molecule has 0 amide bonds. The van der Waals surface area contributed by atoms with Crippen molar-refractivity contribution in [3.05, 3.63) is 12.2 Å². The summed E-state index contributed by atoms with van der Waals surface area (Å²) in [5, 5.41) is 11.8. The monoisotopic (exact) mass is 222 g/mol. The van der Waals surface area contributed by atoms with Gasteiger partial charge in [-0.05, 0) is 12.1 Å². The van der Waals surface area contributed by atoms with Crippen LogP contribution in [0, 0.1) is 0 Å². The van der Waals surface area contributed by atoms with Crippen LogP contribution < -0.4 is 5.32 Å². The molecule has 3 nitrogen and oxygen atoms in total. The second kappa shape index (κ2) is 8.76. The zero-order valence-corrected chi connectivity index (χ0v) is 9.18. The first-order valence-electron chi connectivity index (χ1n) is 5.08. The van der Waals surface area contributed by atoms with Crippen LogP contribution in [0.15, 0.2) is 12.2 Å². The van der Waals surface area contributed by atoms with Crippen LogP contribution in [-0.2, 0) is 0 Å². The Hall–Kier alpha value is -0.520. The first-order chi connectivity index (χ1) is 7.10. The second-order valence-corrected chi connectivity index (χ2v) is 3.38. The van der Waals surface area contributed by atoms with Crippen molar-refractivity contribution in [1.29, 1.82) is 0 Å². The summed E-state index contributed by atoms with van der Waals surface area (Å²) < 4.78 is 24.3. The van der Waals surface area contributed by atoms with E-state index >= 15 is 0 Å². The molecule has 0 bridgehead atoms. The van der Waals surface area contributed by atoms with E-state index in [-0.39, 0.29) is 19.7 Å². The Morgan fingerprint density at radius 2 is 2.20 bits per heavy atom. The van der Waals surface area contributed by atoms with E-state index in [1.54, 1.807) is 0 Å². The number of halogens is 2. The van der Waals surface area contributed by atoms with E-state index in [9.17, 15) is 8.78 Å². The number of aliphatic hydroxyl groups is 1. The number of nitrogens with zero attached hydrogens (tertiary/aromatic N) is 1. The Bertz CT molecular complexity index is 177. The van der Waals surface area contributed by atoms with Crippen molar-refractivity contribution in [2.24, 2.45) is 0 Å². The van der Waals surface area contributed by atoms with E-state index in [2.05, 4.69) is 11.9 Å². The Morgan fingerprint density at radius 1 is 1.53 bits per heavy atom. The van der Waals surface area contributed by atoms with Gasteiger partial charge in [0, 0.05) is 19.6 Å². The van der Waals surface area contributed by atoms with E-state index < -0.39 is 6.43 Å². The van der Waals surface area contributed by atoms with Crippen molar-refractivity contribution < 1.29 is 13.9 Å². The molecule has 15 heavy (non-hydrogen) atoms. The zero-order valence-electron chi connectivity index (χ0n) is 9.18. The maximum atomic E-state index is 12.1. The summed E-state index contributed by atoms with van der Waals surface area (Å²) in [6, 6.07) is 0. The number of hydrogen-bond acceptors (Lipinski definition) is 3. The minimum absolute atomic E-state index is 0.110. The highest BCUT2D eigenvalue weighted by Gasteiger charge is 2.12. The Labute approximate surface area is 89.8 Å². The molecule has 5 heteroatoms. The van der Waals surface area contributed by atoms with E-state index in [1.807, 2.05) is 6.92 Å². The van der Waals surface area contributed by atoms with Crippen LogP contribution >= 0.6 is 0 Å². The van der Waals surface area contributed by atoms with Gasteiger partial charge in [0.15, 0.2) is 0 Å². The van der Waals surface area contributed by atoms with Crippen LogP contribution in [0.25, 0.3) is 0 Å². The summed E-state index contributed by atoms with van der Waals surface area (Å²) in [4.78, 5) is 1.50. The van der Waals surface area contributed by atoms with Gasteiger partial charge in [-0.25, -0.2) is 8.78 Å². The number of rotatable bonds is 9. The molecule has 0 radical (unpaired) electrons. The van der Waals surface area contributed by atoms with Gasteiger partial charge in [0.05, 0.1) is 13.2 Å². The Morgan fingerprint density at radius 3 is 2.67 bits per heavy atom. The molecule has 0 rings (SSSR count). The van der Waals surface area contributed by atoms with Crippen molar-refractivity contribution in [1.82, 2.24) is 10.2 Å². The number of likely N-dealkylation sites (N-methyl/N-ethyl adjacent to an activating group) is 1. The smallest absolute Gasteiger partial charge is 0.251 e.